The second kappa shape index (κ2) is 15.9. The third-order valence-corrected chi connectivity index (χ3v) is 11.0. The fraction of sp³-hybridized carbons (Fsp3) is 0.439. The quantitative estimate of drug-likeness (QED) is 0.104. The van der Waals surface area contributed by atoms with Gasteiger partial charge in [-0.2, -0.15) is 0 Å². The number of hydrogen-bond acceptors (Lipinski definition) is 9. The average molecular weight is 709 g/mol. The molecule has 1 aromatic heterocycles. The summed E-state index contributed by atoms with van der Waals surface area (Å²) < 4.78 is 12.1. The Morgan fingerprint density at radius 2 is 1.67 bits per heavy atom. The number of aromatic nitrogens is 1. The maximum absolute atomic E-state index is 13.8. The molecule has 11 nitrogen and oxygen atoms in total. The minimum Gasteiger partial charge on any atom is -0.506 e. The number of hydrogen-bond donors (Lipinski definition) is 4. The van der Waals surface area contributed by atoms with Gasteiger partial charge in [-0.1, -0.05) is 49.2 Å². The van der Waals surface area contributed by atoms with Crippen molar-refractivity contribution >= 4 is 22.8 Å². The predicted octanol–water partition coefficient (Wildman–Crippen LogP) is 4.53. The number of nitrogens with zero attached hydrogens (tertiary/aromatic N) is 2. The Balaban J connectivity index is 0.813. The first-order chi connectivity index (χ1) is 25.3. The van der Waals surface area contributed by atoms with E-state index < -0.39 is 11.5 Å². The van der Waals surface area contributed by atoms with Gasteiger partial charge in [0, 0.05) is 43.2 Å². The number of unbranched alkanes of at least 4 members (excludes halogenated alkanes) is 3. The second-order valence-corrected chi connectivity index (χ2v) is 14.5. The van der Waals surface area contributed by atoms with Gasteiger partial charge in [-0.05, 0) is 98.8 Å². The maximum Gasteiger partial charge on any atom is 0.320 e. The van der Waals surface area contributed by atoms with Gasteiger partial charge in [0.2, 0.25) is 5.56 Å². The van der Waals surface area contributed by atoms with Gasteiger partial charge in [-0.25, -0.2) is 0 Å². The number of phenolic OH excluding ortho intramolecular Hbond substituents is 1. The zero-order valence-corrected chi connectivity index (χ0v) is 29.5. The van der Waals surface area contributed by atoms with Crippen LogP contribution >= 0.6 is 0 Å². The molecule has 3 aromatic carbocycles. The molecule has 0 spiro atoms. The average Bonchev–Trinajstić information content (AvgIpc) is 3.15. The van der Waals surface area contributed by atoms with Crippen LogP contribution in [0.2, 0.25) is 0 Å². The van der Waals surface area contributed by atoms with Crippen LogP contribution in [-0.2, 0) is 14.9 Å². The summed E-state index contributed by atoms with van der Waals surface area (Å²) >= 11 is 0. The summed E-state index contributed by atoms with van der Waals surface area (Å²) in [6, 6.07) is 23.1. The molecule has 2 unspecified atom stereocenters. The summed E-state index contributed by atoms with van der Waals surface area (Å²) in [4.78, 5) is 45.6. The maximum atomic E-state index is 13.8. The Kier molecular flexibility index (Phi) is 10.9. The minimum absolute atomic E-state index is 0.0270. The van der Waals surface area contributed by atoms with Gasteiger partial charge < -0.3 is 34.9 Å². The van der Waals surface area contributed by atoms with Crippen molar-refractivity contribution in [3.8, 4) is 11.5 Å². The zero-order chi connectivity index (χ0) is 36.1. The Morgan fingerprint density at radius 3 is 2.40 bits per heavy atom. The number of pyridine rings is 1. The highest BCUT2D eigenvalue weighted by atomic mass is 16.5. The van der Waals surface area contributed by atoms with Gasteiger partial charge in [-0.3, -0.25) is 19.3 Å². The molecule has 0 saturated carbocycles. The molecule has 274 valence electrons. The highest BCUT2D eigenvalue weighted by Crippen LogP contribution is 2.39. The van der Waals surface area contributed by atoms with Crippen LogP contribution in [-0.4, -0.2) is 95.4 Å². The van der Waals surface area contributed by atoms with Crippen LogP contribution in [0.25, 0.3) is 10.9 Å². The normalized spacial score (nSPS) is 21.0. The molecule has 52 heavy (non-hydrogen) atoms. The lowest BCUT2D eigenvalue weighted by molar-refractivity contribution is -0.171. The number of amides is 1. The molecule has 4 aromatic rings. The molecule has 5 heterocycles. The number of piperidine rings is 3. The van der Waals surface area contributed by atoms with Gasteiger partial charge in [0.1, 0.15) is 23.0 Å². The van der Waals surface area contributed by atoms with Crippen LogP contribution in [0.4, 0.5) is 0 Å². The molecular weight excluding hydrogens is 660 g/mol. The van der Waals surface area contributed by atoms with Gasteiger partial charge >= 0.3 is 5.97 Å². The highest BCUT2D eigenvalue weighted by molar-refractivity contribution is 5.98. The van der Waals surface area contributed by atoms with Crippen LogP contribution in [0.15, 0.2) is 83.7 Å². The van der Waals surface area contributed by atoms with Crippen LogP contribution in [0.3, 0.4) is 0 Å². The van der Waals surface area contributed by atoms with E-state index in [1.54, 1.807) is 29.2 Å². The van der Waals surface area contributed by atoms with Crippen molar-refractivity contribution in [2.45, 2.75) is 56.1 Å². The topological polar surface area (TPSA) is 144 Å². The number of ether oxygens (including phenoxy) is 2. The summed E-state index contributed by atoms with van der Waals surface area (Å²) in [5.41, 5.74) is 1.27. The fourth-order valence-electron chi connectivity index (χ4n) is 7.90. The molecule has 4 N–H and O–H groups in total. The van der Waals surface area contributed by atoms with Crippen molar-refractivity contribution in [1.82, 2.24) is 20.1 Å². The number of aromatic amines is 1. The Labute approximate surface area is 303 Å². The number of aromatic hydroxyl groups is 1. The van der Waals surface area contributed by atoms with Crippen molar-refractivity contribution in [1.29, 1.82) is 0 Å². The van der Waals surface area contributed by atoms with Crippen LogP contribution in [0.5, 0.6) is 11.5 Å². The largest absolute Gasteiger partial charge is 0.506 e. The molecule has 1 amide bonds. The number of aliphatic hydroxyl groups is 1. The third kappa shape index (κ3) is 7.72. The molecule has 4 aliphatic rings. The predicted molar refractivity (Wildman–Crippen MR) is 198 cm³/mol. The van der Waals surface area contributed by atoms with Crippen molar-refractivity contribution < 1.29 is 29.3 Å². The van der Waals surface area contributed by atoms with E-state index in [1.165, 1.54) is 12.1 Å². The standard InChI is InChI=1S/C41H48N4O7/c46-34-16-14-32(33-15-17-37(48)43-38(33)34)35(47)24-42-20-6-1-2-7-23-51-31-12-10-29(11-13-31)39(49)45-26-41(27-45,30-8-4-3-5-9-30)40(50)52-36-25-44-21-18-28(36)19-22-44/h3-5,8-17,28,35-36,42,46-47H,1-2,6-7,18-27H2,(H,43,48). The molecule has 2 atom stereocenters. The second-order valence-electron chi connectivity index (χ2n) is 14.5. The first kappa shape index (κ1) is 35.7. The van der Waals surface area contributed by atoms with Crippen LogP contribution < -0.4 is 15.6 Å². The molecule has 0 aliphatic carbocycles. The number of carbonyl (C=O) groups is 2. The van der Waals surface area contributed by atoms with E-state index in [0.717, 1.165) is 70.3 Å². The number of benzene rings is 3. The molecule has 4 fully saturated rings. The number of fused-ring (bicyclic) bond motifs is 4. The van der Waals surface area contributed by atoms with Crippen molar-refractivity contribution in [3.05, 3.63) is 106 Å². The number of aliphatic hydroxyl groups excluding tert-OH is 1. The monoisotopic (exact) mass is 708 g/mol. The van der Waals surface area contributed by atoms with Crippen molar-refractivity contribution in [2.75, 3.05) is 52.4 Å². The lowest BCUT2D eigenvalue weighted by atomic mass is 9.73. The van der Waals surface area contributed by atoms with E-state index in [1.807, 2.05) is 42.5 Å². The molecule has 0 radical (unpaired) electrons. The van der Waals surface area contributed by atoms with Crippen LogP contribution in [0, 0.1) is 5.92 Å². The summed E-state index contributed by atoms with van der Waals surface area (Å²) in [7, 11) is 0. The molecule has 11 heteroatoms. The van der Waals surface area contributed by atoms with E-state index in [0.29, 0.717) is 59.9 Å². The number of nitrogens with one attached hydrogen (secondary N) is 2. The number of esters is 1. The van der Waals surface area contributed by atoms with E-state index in [-0.39, 0.29) is 29.3 Å². The van der Waals surface area contributed by atoms with Crippen molar-refractivity contribution in [2.24, 2.45) is 5.92 Å². The number of phenols is 1. The molecule has 8 rings (SSSR count). The lowest BCUT2D eigenvalue weighted by Crippen LogP contribution is -2.66. The molecule has 4 saturated heterocycles. The number of carbonyl (C=O) groups excluding carboxylic acids is 2. The Morgan fingerprint density at radius 1 is 0.923 bits per heavy atom. The Bertz CT molecular complexity index is 1900. The lowest BCUT2D eigenvalue weighted by Gasteiger charge is -2.50. The first-order valence-corrected chi connectivity index (χ1v) is 18.6. The summed E-state index contributed by atoms with van der Waals surface area (Å²) in [5, 5.41) is 24.7. The summed E-state index contributed by atoms with van der Waals surface area (Å²) in [6.07, 6.45) is 5.14. The summed E-state index contributed by atoms with van der Waals surface area (Å²) in [5.74, 6) is 0.774. The van der Waals surface area contributed by atoms with Crippen LogP contribution in [0.1, 0.15) is 66.1 Å². The highest BCUT2D eigenvalue weighted by Gasteiger charge is 2.54. The van der Waals surface area contributed by atoms with E-state index in [2.05, 4.69) is 15.2 Å². The van der Waals surface area contributed by atoms with E-state index in [9.17, 15) is 24.6 Å². The Hall–Kier alpha value is -4.71. The zero-order valence-electron chi connectivity index (χ0n) is 29.5. The molecule has 2 bridgehead atoms. The van der Waals surface area contributed by atoms with Gasteiger partial charge in [0.15, 0.2) is 0 Å². The third-order valence-electron chi connectivity index (χ3n) is 11.0. The first-order valence-electron chi connectivity index (χ1n) is 18.6. The number of H-pyrrole nitrogens is 1. The number of likely N-dealkylation sites (tertiary alicyclic amines) is 1. The van der Waals surface area contributed by atoms with Gasteiger partial charge in [0.05, 0.1) is 18.2 Å². The van der Waals surface area contributed by atoms with Gasteiger partial charge in [0.25, 0.3) is 5.91 Å². The fourth-order valence-corrected chi connectivity index (χ4v) is 7.90. The van der Waals surface area contributed by atoms with Gasteiger partial charge in [-0.15, -0.1) is 0 Å². The molecular formula is C41H48N4O7. The van der Waals surface area contributed by atoms with E-state index in [4.69, 9.17) is 9.47 Å². The van der Waals surface area contributed by atoms with Crippen molar-refractivity contribution in [3.63, 3.8) is 0 Å². The molecule has 4 aliphatic heterocycles. The minimum atomic E-state index is -0.851. The number of rotatable bonds is 15. The van der Waals surface area contributed by atoms with E-state index >= 15 is 0 Å². The smallest absolute Gasteiger partial charge is 0.320 e. The SMILES string of the molecule is O=C(c1ccc(OCCCCCCNCC(O)c2ccc(O)c3[nH]c(=O)ccc23)cc1)N1CC(C(=O)OC2CN3CCC2CC3)(c2ccccc2)C1. The summed E-state index contributed by atoms with van der Waals surface area (Å²) in [6.45, 7) is 5.24.